The van der Waals surface area contributed by atoms with Crippen molar-refractivity contribution in [3.8, 4) is 0 Å². The summed E-state index contributed by atoms with van der Waals surface area (Å²) in [5.74, 6) is -1.29. The van der Waals surface area contributed by atoms with Crippen LogP contribution < -0.4 is 0 Å². The van der Waals surface area contributed by atoms with Gasteiger partial charge in [-0.3, -0.25) is 4.79 Å². The van der Waals surface area contributed by atoms with Crippen molar-refractivity contribution in [1.29, 1.82) is 0 Å². The van der Waals surface area contributed by atoms with Crippen LogP contribution in [0.5, 0.6) is 0 Å². The molecular weight excluding hydrogens is 266 g/mol. The van der Waals surface area contributed by atoms with Crippen molar-refractivity contribution in [3.63, 3.8) is 0 Å². The maximum Gasteiger partial charge on any atom is 0.528 e. The Balaban J connectivity index is 5.19. The van der Waals surface area contributed by atoms with E-state index in [1.54, 1.807) is 41.5 Å². The van der Waals surface area contributed by atoms with Crippen LogP contribution in [0.15, 0.2) is 0 Å². The summed E-state index contributed by atoms with van der Waals surface area (Å²) in [5, 5.41) is 19.7. The molecule has 7 heteroatoms. The Bertz CT molecular complexity index is 353. The second kappa shape index (κ2) is 6.41. The normalized spacial score (nSPS) is 15.7. The average molecular weight is 291 g/mol. The van der Waals surface area contributed by atoms with Crippen LogP contribution in [0, 0.1) is 0 Å². The van der Waals surface area contributed by atoms with E-state index in [1.807, 2.05) is 0 Å². The standard InChI is InChI=1S/C13H25NO6/c1-8(15)9(10(16)17)14(12(2,3)4)20-11(18)19-13(5,6)7/h8-9,15H,1-7H3,(H,16,17)/t8-,9+/m1/s1. The van der Waals surface area contributed by atoms with Gasteiger partial charge in [0.2, 0.25) is 0 Å². The number of carbonyl (C=O) groups excluding carboxylic acids is 1. The average Bonchev–Trinajstić information content (AvgIpc) is 2.10. The molecule has 0 saturated carbocycles. The lowest BCUT2D eigenvalue weighted by Crippen LogP contribution is -2.56. The number of carboxylic acid groups (broad SMARTS) is 1. The van der Waals surface area contributed by atoms with E-state index in [9.17, 15) is 19.8 Å². The molecule has 0 spiro atoms. The monoisotopic (exact) mass is 291 g/mol. The number of rotatable bonds is 4. The second-order valence-corrected chi connectivity index (χ2v) is 6.58. The highest BCUT2D eigenvalue weighted by Gasteiger charge is 2.41. The van der Waals surface area contributed by atoms with Crippen LogP contribution in [-0.4, -0.2) is 50.7 Å². The molecule has 0 unspecified atom stereocenters. The van der Waals surface area contributed by atoms with E-state index in [2.05, 4.69) is 0 Å². The van der Waals surface area contributed by atoms with E-state index in [0.717, 1.165) is 5.06 Å². The molecule has 0 aromatic carbocycles. The van der Waals surface area contributed by atoms with Crippen molar-refractivity contribution in [1.82, 2.24) is 5.06 Å². The molecule has 0 aromatic heterocycles. The fraction of sp³-hybridized carbons (Fsp3) is 0.846. The van der Waals surface area contributed by atoms with E-state index >= 15 is 0 Å². The van der Waals surface area contributed by atoms with Crippen molar-refractivity contribution in [2.45, 2.75) is 71.8 Å². The van der Waals surface area contributed by atoms with Crippen molar-refractivity contribution in [2.75, 3.05) is 0 Å². The minimum atomic E-state index is -1.39. The van der Waals surface area contributed by atoms with Crippen LogP contribution in [0.2, 0.25) is 0 Å². The molecule has 0 fully saturated rings. The first kappa shape index (κ1) is 18.7. The van der Waals surface area contributed by atoms with E-state index in [1.165, 1.54) is 6.92 Å². The van der Waals surface area contributed by atoms with Crippen LogP contribution in [0.4, 0.5) is 4.79 Å². The summed E-state index contributed by atoms with van der Waals surface area (Å²) in [6.45, 7) is 11.3. The van der Waals surface area contributed by atoms with Gasteiger partial charge >= 0.3 is 12.1 Å². The highest BCUT2D eigenvalue weighted by molar-refractivity contribution is 5.74. The number of hydrogen-bond donors (Lipinski definition) is 2. The molecule has 0 aliphatic rings. The van der Waals surface area contributed by atoms with Gasteiger partial charge in [0.25, 0.3) is 0 Å². The predicted octanol–water partition coefficient (Wildman–Crippen LogP) is 1.79. The quantitative estimate of drug-likeness (QED) is 0.602. The summed E-state index contributed by atoms with van der Waals surface area (Å²) in [5.41, 5.74) is -1.58. The number of aliphatic hydroxyl groups is 1. The molecule has 0 rings (SSSR count). The van der Waals surface area contributed by atoms with Gasteiger partial charge in [0, 0.05) is 5.54 Å². The first-order chi connectivity index (χ1) is 8.75. The molecular formula is C13H25NO6. The third-order valence-electron chi connectivity index (χ3n) is 2.19. The number of carboxylic acids is 1. The summed E-state index contributed by atoms with van der Waals surface area (Å²) < 4.78 is 5.00. The van der Waals surface area contributed by atoms with Crippen LogP contribution in [0.25, 0.3) is 0 Å². The number of nitrogens with zero attached hydrogens (tertiary/aromatic N) is 1. The van der Waals surface area contributed by atoms with Gasteiger partial charge in [-0.25, -0.2) is 4.79 Å². The van der Waals surface area contributed by atoms with Gasteiger partial charge in [-0.1, -0.05) is 0 Å². The summed E-state index contributed by atoms with van der Waals surface area (Å²) in [6, 6.07) is -1.39. The SMILES string of the molecule is C[C@@H](O)[C@@H](C(=O)O)N(OC(=O)OC(C)(C)C)C(C)(C)C. The van der Waals surface area contributed by atoms with Gasteiger partial charge < -0.3 is 19.8 Å². The highest BCUT2D eigenvalue weighted by atomic mass is 16.8. The fourth-order valence-electron chi connectivity index (χ4n) is 1.46. The van der Waals surface area contributed by atoms with Crippen LogP contribution in [0.1, 0.15) is 48.5 Å². The molecule has 0 aliphatic heterocycles. The van der Waals surface area contributed by atoms with Crippen LogP contribution in [-0.2, 0) is 14.4 Å². The first-order valence-corrected chi connectivity index (χ1v) is 6.37. The zero-order chi connectivity index (χ0) is 16.3. The minimum Gasteiger partial charge on any atom is -0.480 e. The molecule has 0 aromatic rings. The summed E-state index contributed by atoms with van der Waals surface area (Å²) in [6.07, 6.45) is -2.24. The number of aliphatic hydroxyl groups excluding tert-OH is 1. The molecule has 2 atom stereocenters. The summed E-state index contributed by atoms with van der Waals surface area (Å²) >= 11 is 0. The first-order valence-electron chi connectivity index (χ1n) is 6.37. The fourth-order valence-corrected chi connectivity index (χ4v) is 1.46. The Morgan fingerprint density at radius 3 is 1.80 bits per heavy atom. The van der Waals surface area contributed by atoms with Gasteiger partial charge in [0.05, 0.1) is 6.10 Å². The molecule has 0 heterocycles. The van der Waals surface area contributed by atoms with Crippen LogP contribution in [0.3, 0.4) is 0 Å². The Morgan fingerprint density at radius 2 is 1.55 bits per heavy atom. The van der Waals surface area contributed by atoms with E-state index in [-0.39, 0.29) is 0 Å². The molecule has 0 aliphatic carbocycles. The molecule has 7 nitrogen and oxygen atoms in total. The lowest BCUT2D eigenvalue weighted by atomic mass is 10.0. The van der Waals surface area contributed by atoms with Crippen LogP contribution >= 0.6 is 0 Å². The van der Waals surface area contributed by atoms with Gasteiger partial charge in [-0.2, -0.15) is 0 Å². The van der Waals surface area contributed by atoms with E-state index < -0.39 is 35.4 Å². The molecule has 2 N–H and O–H groups in total. The third kappa shape index (κ3) is 6.21. The van der Waals surface area contributed by atoms with E-state index in [0.29, 0.717) is 0 Å². The van der Waals surface area contributed by atoms with E-state index in [4.69, 9.17) is 9.57 Å². The molecule has 118 valence electrons. The van der Waals surface area contributed by atoms with Gasteiger partial charge in [0.1, 0.15) is 5.60 Å². The Morgan fingerprint density at radius 1 is 1.10 bits per heavy atom. The lowest BCUT2D eigenvalue weighted by molar-refractivity contribution is -0.229. The topological polar surface area (TPSA) is 96.3 Å². The maximum absolute atomic E-state index is 11.7. The Kier molecular flexibility index (Phi) is 5.98. The summed E-state index contributed by atoms with van der Waals surface area (Å²) in [4.78, 5) is 28.0. The van der Waals surface area contributed by atoms with Crippen molar-refractivity contribution >= 4 is 12.1 Å². The van der Waals surface area contributed by atoms with Gasteiger partial charge in [0.15, 0.2) is 6.04 Å². The van der Waals surface area contributed by atoms with Crippen molar-refractivity contribution in [3.05, 3.63) is 0 Å². The largest absolute Gasteiger partial charge is 0.528 e. The minimum absolute atomic E-state index is 0.760. The van der Waals surface area contributed by atoms with Gasteiger partial charge in [-0.15, -0.1) is 5.06 Å². The Hall–Kier alpha value is -1.34. The van der Waals surface area contributed by atoms with Gasteiger partial charge in [-0.05, 0) is 48.5 Å². The zero-order valence-electron chi connectivity index (χ0n) is 13.1. The third-order valence-corrected chi connectivity index (χ3v) is 2.19. The molecule has 0 radical (unpaired) electrons. The number of aliphatic carboxylic acids is 1. The maximum atomic E-state index is 11.7. The molecule has 0 amide bonds. The molecule has 20 heavy (non-hydrogen) atoms. The predicted molar refractivity (Wildman–Crippen MR) is 72.0 cm³/mol. The smallest absolute Gasteiger partial charge is 0.480 e. The second-order valence-electron chi connectivity index (χ2n) is 6.58. The molecule has 0 bridgehead atoms. The number of hydroxylamine groups is 2. The summed E-state index contributed by atoms with van der Waals surface area (Å²) in [7, 11) is 0. The lowest BCUT2D eigenvalue weighted by Gasteiger charge is -2.38. The van der Waals surface area contributed by atoms with Crippen molar-refractivity contribution in [2.24, 2.45) is 0 Å². The zero-order valence-corrected chi connectivity index (χ0v) is 13.1. The number of carbonyl (C=O) groups is 2. The Labute approximate surface area is 119 Å². The van der Waals surface area contributed by atoms with Crippen molar-refractivity contribution < 1.29 is 29.4 Å². The number of ether oxygens (including phenoxy) is 1. The number of hydrogen-bond acceptors (Lipinski definition) is 6. The molecule has 0 saturated heterocycles. The highest BCUT2D eigenvalue weighted by Crippen LogP contribution is 2.21.